The lowest BCUT2D eigenvalue weighted by molar-refractivity contribution is 0.149. The summed E-state index contributed by atoms with van der Waals surface area (Å²) >= 11 is 0. The molecule has 0 saturated heterocycles. The van der Waals surface area contributed by atoms with Crippen molar-refractivity contribution in [3.8, 4) is 0 Å². The molecule has 1 atom stereocenters. The number of nitrogens with one attached hydrogen (secondary N) is 1. The van der Waals surface area contributed by atoms with E-state index < -0.39 is 0 Å². The third-order valence-corrected chi connectivity index (χ3v) is 5.35. The van der Waals surface area contributed by atoms with E-state index in [1.54, 1.807) is 0 Å². The molecule has 1 saturated carbocycles. The maximum absolute atomic E-state index is 4.48. The molecule has 1 unspecified atom stereocenters. The Balaban J connectivity index is 1.89. The summed E-state index contributed by atoms with van der Waals surface area (Å²) < 4.78 is 0. The molecule has 1 fully saturated rings. The van der Waals surface area contributed by atoms with Crippen LogP contribution in [0.5, 0.6) is 0 Å². The highest BCUT2D eigenvalue weighted by atomic mass is 14.9. The summed E-state index contributed by atoms with van der Waals surface area (Å²) in [7, 11) is 2.12. The monoisotopic (exact) mass is 282 g/mol. The van der Waals surface area contributed by atoms with Gasteiger partial charge in [-0.2, -0.15) is 0 Å². The molecule has 0 spiro atoms. The van der Waals surface area contributed by atoms with Crippen LogP contribution in [0, 0.1) is 5.41 Å². The third-order valence-electron chi connectivity index (χ3n) is 5.35. The fourth-order valence-electron chi connectivity index (χ4n) is 3.96. The molecule has 1 N–H and O–H groups in total. The SMILES string of the molecule is CNC(Cc1ccnc2ccccc12)C1(C)CCCCC1. The predicted octanol–water partition coefficient (Wildman–Crippen LogP) is 4.34. The highest BCUT2D eigenvalue weighted by molar-refractivity contribution is 5.81. The Bertz CT molecular complexity index is 594. The second-order valence-corrected chi connectivity index (χ2v) is 6.75. The van der Waals surface area contributed by atoms with E-state index in [0.717, 1.165) is 11.9 Å². The summed E-state index contributed by atoms with van der Waals surface area (Å²) in [6.45, 7) is 2.47. The van der Waals surface area contributed by atoms with Gasteiger partial charge in [-0.05, 0) is 49.4 Å². The summed E-state index contributed by atoms with van der Waals surface area (Å²) in [5.74, 6) is 0. The van der Waals surface area contributed by atoms with Crippen LogP contribution >= 0.6 is 0 Å². The number of para-hydroxylation sites is 1. The van der Waals surface area contributed by atoms with Crippen LogP contribution in [0.3, 0.4) is 0 Å². The Morgan fingerprint density at radius 1 is 1.14 bits per heavy atom. The molecule has 112 valence electrons. The molecule has 1 aliphatic rings. The van der Waals surface area contributed by atoms with E-state index >= 15 is 0 Å². The van der Waals surface area contributed by atoms with Crippen LogP contribution in [0.15, 0.2) is 36.5 Å². The third kappa shape index (κ3) is 2.96. The molecule has 1 aromatic heterocycles. The molecular formula is C19H26N2. The maximum atomic E-state index is 4.48. The van der Waals surface area contributed by atoms with Gasteiger partial charge in [0.25, 0.3) is 0 Å². The van der Waals surface area contributed by atoms with Crippen LogP contribution in [0.1, 0.15) is 44.6 Å². The number of likely N-dealkylation sites (N-methyl/N-ethyl adjacent to an activating group) is 1. The van der Waals surface area contributed by atoms with Crippen molar-refractivity contribution in [3.63, 3.8) is 0 Å². The summed E-state index contributed by atoms with van der Waals surface area (Å²) in [4.78, 5) is 4.48. The highest BCUT2D eigenvalue weighted by Gasteiger charge is 2.34. The van der Waals surface area contributed by atoms with Crippen molar-refractivity contribution >= 4 is 10.9 Å². The van der Waals surface area contributed by atoms with Crippen molar-refractivity contribution in [2.75, 3.05) is 7.05 Å². The molecule has 0 radical (unpaired) electrons. The first-order chi connectivity index (χ1) is 10.2. The van der Waals surface area contributed by atoms with Crippen LogP contribution < -0.4 is 5.32 Å². The first-order valence-corrected chi connectivity index (χ1v) is 8.23. The van der Waals surface area contributed by atoms with Crippen LogP contribution in [0.2, 0.25) is 0 Å². The van der Waals surface area contributed by atoms with Gasteiger partial charge in [0.1, 0.15) is 0 Å². The first-order valence-electron chi connectivity index (χ1n) is 8.23. The van der Waals surface area contributed by atoms with Gasteiger partial charge in [0.15, 0.2) is 0 Å². The zero-order valence-electron chi connectivity index (χ0n) is 13.2. The first kappa shape index (κ1) is 14.5. The molecule has 21 heavy (non-hydrogen) atoms. The fraction of sp³-hybridized carbons (Fsp3) is 0.526. The second kappa shape index (κ2) is 6.15. The Hall–Kier alpha value is -1.41. The van der Waals surface area contributed by atoms with Gasteiger partial charge < -0.3 is 5.32 Å². The molecule has 0 bridgehead atoms. The van der Waals surface area contributed by atoms with E-state index in [1.807, 2.05) is 6.20 Å². The average Bonchev–Trinajstić information content (AvgIpc) is 2.53. The van der Waals surface area contributed by atoms with E-state index in [1.165, 1.54) is 43.1 Å². The van der Waals surface area contributed by atoms with Gasteiger partial charge in [0, 0.05) is 17.6 Å². The number of fused-ring (bicyclic) bond motifs is 1. The quantitative estimate of drug-likeness (QED) is 0.902. The molecule has 2 aromatic rings. The minimum Gasteiger partial charge on any atom is -0.316 e. The summed E-state index contributed by atoms with van der Waals surface area (Å²) in [5, 5.41) is 4.91. The predicted molar refractivity (Wildman–Crippen MR) is 89.5 cm³/mol. The Morgan fingerprint density at radius 3 is 2.67 bits per heavy atom. The van der Waals surface area contributed by atoms with Crippen molar-refractivity contribution in [3.05, 3.63) is 42.1 Å². The highest BCUT2D eigenvalue weighted by Crippen LogP contribution is 2.40. The average molecular weight is 282 g/mol. The van der Waals surface area contributed by atoms with Gasteiger partial charge >= 0.3 is 0 Å². The van der Waals surface area contributed by atoms with Gasteiger partial charge in [-0.1, -0.05) is 44.4 Å². The smallest absolute Gasteiger partial charge is 0.0704 e. The summed E-state index contributed by atoms with van der Waals surface area (Å²) in [6, 6.07) is 11.2. The summed E-state index contributed by atoms with van der Waals surface area (Å²) in [6.07, 6.45) is 9.91. The van der Waals surface area contributed by atoms with E-state index in [2.05, 4.69) is 54.6 Å². The topological polar surface area (TPSA) is 24.9 Å². The molecule has 3 rings (SSSR count). The maximum Gasteiger partial charge on any atom is 0.0704 e. The Kier molecular flexibility index (Phi) is 4.25. The molecule has 0 amide bonds. The molecular weight excluding hydrogens is 256 g/mol. The van der Waals surface area contributed by atoms with E-state index in [9.17, 15) is 0 Å². The van der Waals surface area contributed by atoms with Crippen LogP contribution in [-0.4, -0.2) is 18.1 Å². The van der Waals surface area contributed by atoms with Crippen LogP contribution in [0.25, 0.3) is 10.9 Å². The molecule has 1 aromatic carbocycles. The lowest BCUT2D eigenvalue weighted by Crippen LogP contribution is -2.44. The molecule has 2 heteroatoms. The van der Waals surface area contributed by atoms with Crippen molar-refractivity contribution in [1.29, 1.82) is 0 Å². The van der Waals surface area contributed by atoms with Gasteiger partial charge in [-0.15, -0.1) is 0 Å². The van der Waals surface area contributed by atoms with Crippen molar-refractivity contribution in [2.24, 2.45) is 5.41 Å². The molecule has 1 aliphatic carbocycles. The van der Waals surface area contributed by atoms with Crippen molar-refractivity contribution < 1.29 is 0 Å². The van der Waals surface area contributed by atoms with Crippen molar-refractivity contribution in [1.82, 2.24) is 10.3 Å². The Labute approximate surface area is 128 Å². The van der Waals surface area contributed by atoms with Crippen molar-refractivity contribution in [2.45, 2.75) is 51.5 Å². The standard InChI is InChI=1S/C19H26N2/c1-19(11-6-3-7-12-19)18(20-2)14-15-10-13-21-17-9-5-4-8-16(15)17/h4-5,8-10,13,18,20H,3,6-7,11-12,14H2,1-2H3. The zero-order chi connectivity index (χ0) is 14.7. The fourth-order valence-corrected chi connectivity index (χ4v) is 3.96. The number of hydrogen-bond donors (Lipinski definition) is 1. The minimum atomic E-state index is 0.428. The van der Waals surface area contributed by atoms with Crippen LogP contribution in [-0.2, 0) is 6.42 Å². The second-order valence-electron chi connectivity index (χ2n) is 6.75. The number of rotatable bonds is 4. The zero-order valence-corrected chi connectivity index (χ0v) is 13.2. The van der Waals surface area contributed by atoms with E-state index in [-0.39, 0.29) is 0 Å². The number of pyridine rings is 1. The van der Waals surface area contributed by atoms with Gasteiger partial charge in [-0.3, -0.25) is 4.98 Å². The number of aromatic nitrogens is 1. The Morgan fingerprint density at radius 2 is 1.90 bits per heavy atom. The van der Waals surface area contributed by atoms with E-state index in [0.29, 0.717) is 11.5 Å². The molecule has 1 heterocycles. The van der Waals surface area contributed by atoms with Gasteiger partial charge in [0.05, 0.1) is 5.52 Å². The lowest BCUT2D eigenvalue weighted by Gasteiger charge is -2.41. The summed E-state index contributed by atoms with van der Waals surface area (Å²) in [5.41, 5.74) is 2.96. The number of hydrogen-bond acceptors (Lipinski definition) is 2. The largest absolute Gasteiger partial charge is 0.316 e. The number of nitrogens with zero attached hydrogens (tertiary/aromatic N) is 1. The lowest BCUT2D eigenvalue weighted by atomic mass is 9.69. The van der Waals surface area contributed by atoms with Crippen LogP contribution in [0.4, 0.5) is 0 Å². The number of benzene rings is 1. The molecule has 0 aliphatic heterocycles. The normalized spacial score (nSPS) is 19.5. The minimum absolute atomic E-state index is 0.428. The molecule has 2 nitrogen and oxygen atoms in total. The van der Waals surface area contributed by atoms with Gasteiger partial charge in [0.2, 0.25) is 0 Å². The van der Waals surface area contributed by atoms with E-state index in [4.69, 9.17) is 0 Å². The van der Waals surface area contributed by atoms with Gasteiger partial charge in [-0.25, -0.2) is 0 Å².